The van der Waals surface area contributed by atoms with E-state index in [4.69, 9.17) is 0 Å². The average Bonchev–Trinajstić information content (AvgIpc) is 2.99. The molecule has 5 heteroatoms. The Bertz CT molecular complexity index is 544. The first-order chi connectivity index (χ1) is 10.6. The lowest BCUT2D eigenvalue weighted by Crippen LogP contribution is -2.42. The molecule has 2 N–H and O–H groups in total. The molecule has 0 aromatic heterocycles. The van der Waals surface area contributed by atoms with Crippen LogP contribution >= 0.6 is 0 Å². The van der Waals surface area contributed by atoms with E-state index < -0.39 is 0 Å². The number of guanidine groups is 1. The summed E-state index contributed by atoms with van der Waals surface area (Å²) >= 11 is 0. The largest absolute Gasteiger partial charge is 0.353 e. The van der Waals surface area contributed by atoms with Crippen LogP contribution in [0.5, 0.6) is 0 Å². The number of hydrogen-bond donors (Lipinski definition) is 2. The highest BCUT2D eigenvalue weighted by atomic mass is 19.1. The molecule has 0 aliphatic heterocycles. The minimum absolute atomic E-state index is 0.156. The molecule has 0 fully saturated rings. The summed E-state index contributed by atoms with van der Waals surface area (Å²) in [5.41, 5.74) is 1.76. The summed E-state index contributed by atoms with van der Waals surface area (Å²) in [6.45, 7) is 1.22. The van der Waals surface area contributed by atoms with Crippen molar-refractivity contribution in [2.45, 2.75) is 32.0 Å². The van der Waals surface area contributed by atoms with E-state index in [0.717, 1.165) is 24.4 Å². The molecule has 120 valence electrons. The summed E-state index contributed by atoms with van der Waals surface area (Å²) in [5, 5.41) is 6.68. The Hall–Kier alpha value is -1.88. The lowest BCUT2D eigenvalue weighted by Gasteiger charge is -2.17. The summed E-state index contributed by atoms with van der Waals surface area (Å²) in [6, 6.07) is 5.68. The van der Waals surface area contributed by atoms with Gasteiger partial charge in [-0.05, 0) is 44.6 Å². The van der Waals surface area contributed by atoms with Gasteiger partial charge in [-0.3, -0.25) is 4.99 Å². The normalized spacial score (nSPS) is 15.6. The molecule has 22 heavy (non-hydrogen) atoms. The highest BCUT2D eigenvalue weighted by molar-refractivity contribution is 5.80. The molecule has 0 atom stereocenters. The summed E-state index contributed by atoms with van der Waals surface area (Å²) in [5.74, 6) is 0.629. The van der Waals surface area contributed by atoms with Gasteiger partial charge in [-0.2, -0.15) is 0 Å². The van der Waals surface area contributed by atoms with Crippen LogP contribution < -0.4 is 10.6 Å². The van der Waals surface area contributed by atoms with Crippen LogP contribution in [0, 0.1) is 5.82 Å². The molecular formula is C17H25FN4. The maximum absolute atomic E-state index is 13.8. The van der Waals surface area contributed by atoms with Crippen LogP contribution in [-0.2, 0) is 13.1 Å². The zero-order valence-electron chi connectivity index (χ0n) is 13.6. The minimum atomic E-state index is -0.156. The van der Waals surface area contributed by atoms with Crippen molar-refractivity contribution in [3.8, 4) is 0 Å². The monoisotopic (exact) mass is 304 g/mol. The van der Waals surface area contributed by atoms with Crippen LogP contribution in [0.15, 0.2) is 35.3 Å². The zero-order chi connectivity index (χ0) is 15.9. The lowest BCUT2D eigenvalue weighted by atomic mass is 10.1. The predicted molar refractivity (Wildman–Crippen MR) is 89.3 cm³/mol. The van der Waals surface area contributed by atoms with E-state index in [9.17, 15) is 4.39 Å². The van der Waals surface area contributed by atoms with Crippen LogP contribution in [0.2, 0.25) is 0 Å². The lowest BCUT2D eigenvalue weighted by molar-refractivity contribution is 0.392. The number of rotatable bonds is 5. The molecule has 0 amide bonds. The Balaban J connectivity index is 1.92. The molecule has 0 saturated heterocycles. The number of benzene rings is 1. The number of nitrogens with zero attached hydrogens (tertiary/aromatic N) is 2. The molecule has 0 radical (unpaired) electrons. The van der Waals surface area contributed by atoms with Crippen molar-refractivity contribution in [1.82, 2.24) is 15.5 Å². The number of halogens is 1. The Morgan fingerprint density at radius 2 is 2.05 bits per heavy atom. The topological polar surface area (TPSA) is 39.7 Å². The summed E-state index contributed by atoms with van der Waals surface area (Å²) in [6.07, 6.45) is 6.42. The van der Waals surface area contributed by atoms with E-state index in [0.29, 0.717) is 24.7 Å². The summed E-state index contributed by atoms with van der Waals surface area (Å²) in [4.78, 5) is 6.20. The van der Waals surface area contributed by atoms with Gasteiger partial charge in [0, 0.05) is 31.7 Å². The Morgan fingerprint density at radius 3 is 2.68 bits per heavy atom. The van der Waals surface area contributed by atoms with Crippen LogP contribution in [0.3, 0.4) is 0 Å². The van der Waals surface area contributed by atoms with E-state index in [1.54, 1.807) is 7.05 Å². The first kappa shape index (κ1) is 16.5. The molecule has 1 aliphatic rings. The van der Waals surface area contributed by atoms with Gasteiger partial charge in [-0.1, -0.05) is 18.2 Å². The molecule has 1 aromatic rings. The second-order valence-electron chi connectivity index (χ2n) is 5.87. The number of hydrogen-bond acceptors (Lipinski definition) is 2. The van der Waals surface area contributed by atoms with Crippen molar-refractivity contribution in [2.24, 2.45) is 4.99 Å². The smallest absolute Gasteiger partial charge is 0.191 e. The van der Waals surface area contributed by atoms with Crippen molar-refractivity contribution >= 4 is 5.96 Å². The molecule has 1 aromatic carbocycles. The van der Waals surface area contributed by atoms with E-state index in [1.807, 2.05) is 31.1 Å². The molecule has 0 heterocycles. The summed E-state index contributed by atoms with van der Waals surface area (Å²) in [7, 11) is 5.64. The van der Waals surface area contributed by atoms with Gasteiger partial charge in [0.2, 0.25) is 0 Å². The molecule has 0 bridgehead atoms. The van der Waals surface area contributed by atoms with Crippen LogP contribution in [0.25, 0.3) is 0 Å². The standard InChI is InChI=1S/C17H25FN4/c1-19-17(21-15-6-4-5-7-15)20-11-13-8-9-16(18)14(10-13)12-22(2)3/h4-5,8-10,15H,6-7,11-12H2,1-3H3,(H2,19,20,21). The van der Waals surface area contributed by atoms with Gasteiger partial charge in [0.25, 0.3) is 0 Å². The highest BCUT2D eigenvalue weighted by Gasteiger charge is 2.11. The molecular weight excluding hydrogens is 279 g/mol. The van der Waals surface area contributed by atoms with E-state index >= 15 is 0 Å². The molecule has 0 unspecified atom stereocenters. The number of aliphatic imine (C=N–C) groups is 1. The Labute approximate surface area is 132 Å². The van der Waals surface area contributed by atoms with Crippen molar-refractivity contribution in [1.29, 1.82) is 0 Å². The highest BCUT2D eigenvalue weighted by Crippen LogP contribution is 2.12. The third-order valence-electron chi connectivity index (χ3n) is 3.63. The molecule has 0 saturated carbocycles. The summed E-state index contributed by atoms with van der Waals surface area (Å²) < 4.78 is 13.8. The first-order valence-electron chi connectivity index (χ1n) is 7.62. The minimum Gasteiger partial charge on any atom is -0.353 e. The van der Waals surface area contributed by atoms with E-state index in [2.05, 4.69) is 27.8 Å². The predicted octanol–water partition coefficient (Wildman–Crippen LogP) is 2.27. The molecule has 4 nitrogen and oxygen atoms in total. The van der Waals surface area contributed by atoms with Gasteiger partial charge < -0.3 is 15.5 Å². The van der Waals surface area contributed by atoms with Gasteiger partial charge in [-0.25, -0.2) is 4.39 Å². The third-order valence-corrected chi connectivity index (χ3v) is 3.63. The molecule has 1 aliphatic carbocycles. The maximum atomic E-state index is 13.8. The first-order valence-corrected chi connectivity index (χ1v) is 7.62. The van der Waals surface area contributed by atoms with Crippen molar-refractivity contribution in [3.63, 3.8) is 0 Å². The van der Waals surface area contributed by atoms with Crippen LogP contribution in [0.1, 0.15) is 24.0 Å². The Kier molecular flexibility index (Phi) is 5.95. The molecule has 2 rings (SSSR count). The number of nitrogens with one attached hydrogen (secondary N) is 2. The van der Waals surface area contributed by atoms with Gasteiger partial charge in [0.15, 0.2) is 5.96 Å². The van der Waals surface area contributed by atoms with Crippen molar-refractivity contribution in [2.75, 3.05) is 21.1 Å². The fraction of sp³-hybridized carbons (Fsp3) is 0.471. The second kappa shape index (κ2) is 7.94. The van der Waals surface area contributed by atoms with Crippen molar-refractivity contribution < 1.29 is 4.39 Å². The fourth-order valence-electron chi connectivity index (χ4n) is 2.51. The second-order valence-corrected chi connectivity index (χ2v) is 5.87. The zero-order valence-corrected chi connectivity index (χ0v) is 13.6. The maximum Gasteiger partial charge on any atom is 0.191 e. The SMILES string of the molecule is CN=C(NCc1ccc(F)c(CN(C)C)c1)NC1CC=CC1. The van der Waals surface area contributed by atoms with Gasteiger partial charge in [-0.15, -0.1) is 0 Å². The van der Waals surface area contributed by atoms with Gasteiger partial charge in [0.1, 0.15) is 5.82 Å². The molecule has 0 spiro atoms. The average molecular weight is 304 g/mol. The fourth-order valence-corrected chi connectivity index (χ4v) is 2.51. The van der Waals surface area contributed by atoms with Crippen molar-refractivity contribution in [3.05, 3.63) is 47.3 Å². The third kappa shape index (κ3) is 4.84. The van der Waals surface area contributed by atoms with Gasteiger partial charge in [0.05, 0.1) is 0 Å². The van der Waals surface area contributed by atoms with Crippen LogP contribution in [0.4, 0.5) is 4.39 Å². The Morgan fingerprint density at radius 1 is 1.32 bits per heavy atom. The quantitative estimate of drug-likeness (QED) is 0.498. The van der Waals surface area contributed by atoms with E-state index in [1.165, 1.54) is 6.07 Å². The van der Waals surface area contributed by atoms with E-state index in [-0.39, 0.29) is 5.82 Å². The van der Waals surface area contributed by atoms with Crippen LogP contribution in [-0.4, -0.2) is 38.0 Å². The van der Waals surface area contributed by atoms with Gasteiger partial charge >= 0.3 is 0 Å².